The van der Waals surface area contributed by atoms with Crippen molar-refractivity contribution in [3.05, 3.63) is 22.4 Å². The Morgan fingerprint density at radius 2 is 2.03 bits per heavy atom. The topological polar surface area (TPSA) is 78.9 Å². The van der Waals surface area contributed by atoms with Crippen molar-refractivity contribution < 1.29 is 32.6 Å². The van der Waals surface area contributed by atoms with Crippen LogP contribution >= 0.6 is 11.3 Å². The summed E-state index contributed by atoms with van der Waals surface area (Å²) >= 11 is 1.57. The quantitative estimate of drug-likeness (QED) is 0.763. The third-order valence-corrected chi connectivity index (χ3v) is 6.47. The highest BCUT2D eigenvalue weighted by Crippen LogP contribution is 2.38. The number of hydrogen-bond acceptors (Lipinski definition) is 5. The molecule has 6 nitrogen and oxygen atoms in total. The Morgan fingerprint density at radius 1 is 1.31 bits per heavy atom. The van der Waals surface area contributed by atoms with Crippen molar-refractivity contribution in [2.45, 2.75) is 62.4 Å². The maximum atomic E-state index is 12.2. The third-order valence-electron chi connectivity index (χ3n) is 5.79. The number of likely N-dealkylation sites (tertiary alicyclic amines) is 1. The Labute approximate surface area is 171 Å². The molecule has 4 rings (SSSR count). The fraction of sp³-hybridized carbons (Fsp3) is 0.684. The van der Waals surface area contributed by atoms with Crippen LogP contribution in [-0.2, 0) is 9.53 Å². The van der Waals surface area contributed by atoms with Gasteiger partial charge in [-0.3, -0.25) is 9.69 Å². The van der Waals surface area contributed by atoms with E-state index in [4.69, 9.17) is 14.6 Å². The number of aliphatic carboxylic acids is 1. The average molecular weight is 434 g/mol. The molecule has 0 unspecified atom stereocenters. The van der Waals surface area contributed by atoms with Gasteiger partial charge in [0, 0.05) is 42.7 Å². The van der Waals surface area contributed by atoms with Crippen LogP contribution in [0.3, 0.4) is 0 Å². The largest absolute Gasteiger partial charge is 0.490 e. The molecule has 0 bridgehead atoms. The molecule has 2 saturated heterocycles. The number of carbonyl (C=O) groups is 2. The molecule has 1 aromatic heterocycles. The first-order chi connectivity index (χ1) is 13.7. The second-order valence-electron chi connectivity index (χ2n) is 7.81. The van der Waals surface area contributed by atoms with Gasteiger partial charge in [0.25, 0.3) is 5.91 Å². The zero-order valence-electron chi connectivity index (χ0n) is 15.9. The number of carboxylic acids is 1. The summed E-state index contributed by atoms with van der Waals surface area (Å²) in [6, 6.07) is 2.94. The van der Waals surface area contributed by atoms with Gasteiger partial charge in [-0.25, -0.2) is 4.79 Å². The number of thiophene rings is 1. The highest BCUT2D eigenvalue weighted by Gasteiger charge is 2.45. The molecule has 3 aliphatic rings. The van der Waals surface area contributed by atoms with E-state index in [1.54, 1.807) is 11.3 Å². The molecule has 2 aliphatic heterocycles. The van der Waals surface area contributed by atoms with Crippen LogP contribution in [0.4, 0.5) is 13.2 Å². The van der Waals surface area contributed by atoms with Crippen LogP contribution in [0.25, 0.3) is 0 Å². The molecular weight excluding hydrogens is 409 g/mol. The summed E-state index contributed by atoms with van der Waals surface area (Å²) in [6.45, 7) is 2.99. The fourth-order valence-corrected chi connectivity index (χ4v) is 4.67. The number of nitrogens with one attached hydrogen (secondary N) is 1. The lowest BCUT2D eigenvalue weighted by atomic mass is 9.88. The summed E-state index contributed by atoms with van der Waals surface area (Å²) in [7, 11) is 0. The van der Waals surface area contributed by atoms with Crippen molar-refractivity contribution in [2.75, 3.05) is 19.7 Å². The second kappa shape index (κ2) is 9.01. The van der Waals surface area contributed by atoms with E-state index in [1.807, 2.05) is 16.8 Å². The minimum absolute atomic E-state index is 0.0135. The lowest BCUT2D eigenvalue weighted by Crippen LogP contribution is -2.51. The number of rotatable bonds is 3. The monoisotopic (exact) mass is 434 g/mol. The molecule has 1 aromatic rings. The zero-order chi connectivity index (χ0) is 21.1. The molecule has 3 heterocycles. The van der Waals surface area contributed by atoms with Crippen LogP contribution in [0, 0.1) is 0 Å². The molecular formula is C19H25F3N2O4S. The smallest absolute Gasteiger partial charge is 0.475 e. The van der Waals surface area contributed by atoms with Crippen LogP contribution in [-0.4, -0.2) is 65.4 Å². The van der Waals surface area contributed by atoms with E-state index in [0.29, 0.717) is 0 Å². The molecule has 1 amide bonds. The molecule has 3 fully saturated rings. The van der Waals surface area contributed by atoms with E-state index in [9.17, 15) is 18.0 Å². The Hall–Kier alpha value is -1.65. The number of carbonyl (C=O) groups excluding carboxylic acids is 1. The van der Waals surface area contributed by atoms with E-state index in [0.717, 1.165) is 50.6 Å². The molecule has 0 radical (unpaired) electrons. The standard InChI is InChI=1S/C17H24N2O2S.C2HF3O2/c20-16(13-5-9-22-11-13)18-14-4-8-21-17(10-14)6-7-19(12-17)15-2-1-3-15;3-2(4,5)1(6)7/h5,9,11,14-15H,1-4,6-8,10,12H2,(H,18,20);(H,6,7)/t14-,17+;/m0./s1. The van der Waals surface area contributed by atoms with Gasteiger partial charge in [0.15, 0.2) is 0 Å². The van der Waals surface area contributed by atoms with Gasteiger partial charge >= 0.3 is 12.1 Å². The molecule has 2 N–H and O–H groups in total. The van der Waals surface area contributed by atoms with Crippen molar-refractivity contribution in [3.63, 3.8) is 0 Å². The number of halogens is 3. The van der Waals surface area contributed by atoms with Crippen molar-refractivity contribution in [1.82, 2.24) is 10.2 Å². The molecule has 1 spiro atoms. The van der Waals surface area contributed by atoms with Gasteiger partial charge in [0.2, 0.25) is 0 Å². The molecule has 1 aliphatic carbocycles. The summed E-state index contributed by atoms with van der Waals surface area (Å²) < 4.78 is 37.9. The minimum Gasteiger partial charge on any atom is -0.475 e. The fourth-order valence-electron chi connectivity index (χ4n) is 4.04. The first-order valence-corrected chi connectivity index (χ1v) is 10.6. The molecule has 1 saturated carbocycles. The van der Waals surface area contributed by atoms with Crippen LogP contribution < -0.4 is 5.32 Å². The molecule has 10 heteroatoms. The van der Waals surface area contributed by atoms with E-state index >= 15 is 0 Å². The van der Waals surface area contributed by atoms with E-state index in [-0.39, 0.29) is 17.6 Å². The number of amides is 1. The first kappa shape index (κ1) is 22.0. The summed E-state index contributed by atoms with van der Waals surface area (Å²) in [6.07, 6.45) is 2.03. The number of carboxylic acid groups (broad SMARTS) is 1. The summed E-state index contributed by atoms with van der Waals surface area (Å²) in [5, 5.41) is 14.2. The Morgan fingerprint density at radius 3 is 2.59 bits per heavy atom. The molecule has 2 atom stereocenters. The van der Waals surface area contributed by atoms with Gasteiger partial charge < -0.3 is 15.2 Å². The van der Waals surface area contributed by atoms with Gasteiger partial charge in [0.1, 0.15) is 0 Å². The number of nitrogens with zero attached hydrogens (tertiary/aromatic N) is 1. The average Bonchev–Trinajstić information content (AvgIpc) is 3.24. The van der Waals surface area contributed by atoms with Gasteiger partial charge in [-0.2, -0.15) is 24.5 Å². The molecule has 29 heavy (non-hydrogen) atoms. The number of alkyl halides is 3. The highest BCUT2D eigenvalue weighted by atomic mass is 32.1. The summed E-state index contributed by atoms with van der Waals surface area (Å²) in [4.78, 5) is 23.8. The van der Waals surface area contributed by atoms with Crippen molar-refractivity contribution in [3.8, 4) is 0 Å². The summed E-state index contributed by atoms with van der Waals surface area (Å²) in [5.41, 5.74) is 0.772. The first-order valence-electron chi connectivity index (χ1n) is 9.70. The maximum absolute atomic E-state index is 12.2. The summed E-state index contributed by atoms with van der Waals surface area (Å²) in [5.74, 6) is -2.69. The highest BCUT2D eigenvalue weighted by molar-refractivity contribution is 7.08. The van der Waals surface area contributed by atoms with Gasteiger partial charge in [-0.1, -0.05) is 6.42 Å². The minimum atomic E-state index is -5.08. The van der Waals surface area contributed by atoms with Crippen LogP contribution in [0.1, 0.15) is 48.9 Å². The van der Waals surface area contributed by atoms with E-state index < -0.39 is 12.1 Å². The Kier molecular flexibility index (Phi) is 6.85. The van der Waals surface area contributed by atoms with E-state index in [1.165, 1.54) is 19.3 Å². The lowest BCUT2D eigenvalue weighted by Gasteiger charge is -2.40. The van der Waals surface area contributed by atoms with Crippen LogP contribution in [0.5, 0.6) is 0 Å². The molecule has 0 aromatic carbocycles. The van der Waals surface area contributed by atoms with E-state index in [2.05, 4.69) is 10.2 Å². The van der Waals surface area contributed by atoms with Crippen LogP contribution in [0.2, 0.25) is 0 Å². The second-order valence-corrected chi connectivity index (χ2v) is 8.59. The lowest BCUT2D eigenvalue weighted by molar-refractivity contribution is -0.192. The van der Waals surface area contributed by atoms with Crippen LogP contribution in [0.15, 0.2) is 16.8 Å². The SMILES string of the molecule is O=C(N[C@H]1CCO[C@]2(CCN(C3CCC3)C2)C1)c1ccsc1.O=C(O)C(F)(F)F. The normalized spacial score (nSPS) is 27.8. The maximum Gasteiger partial charge on any atom is 0.490 e. The van der Waals surface area contributed by atoms with Gasteiger partial charge in [0.05, 0.1) is 5.60 Å². The third kappa shape index (κ3) is 5.70. The van der Waals surface area contributed by atoms with Gasteiger partial charge in [-0.05, 0) is 43.6 Å². The predicted octanol–water partition coefficient (Wildman–Crippen LogP) is 3.29. The zero-order valence-corrected chi connectivity index (χ0v) is 16.7. The number of hydrogen-bond donors (Lipinski definition) is 2. The van der Waals surface area contributed by atoms with Crippen molar-refractivity contribution in [1.29, 1.82) is 0 Å². The van der Waals surface area contributed by atoms with Crippen molar-refractivity contribution >= 4 is 23.2 Å². The number of ether oxygens (including phenoxy) is 1. The predicted molar refractivity (Wildman–Crippen MR) is 101 cm³/mol. The van der Waals surface area contributed by atoms with Crippen molar-refractivity contribution in [2.24, 2.45) is 0 Å². The Bertz CT molecular complexity index is 709. The van der Waals surface area contributed by atoms with Gasteiger partial charge in [-0.15, -0.1) is 0 Å². The Balaban J connectivity index is 0.000000298. The molecule has 162 valence electrons.